The van der Waals surface area contributed by atoms with Crippen LogP contribution in [-0.4, -0.2) is 55.5 Å². The third kappa shape index (κ3) is 4.75. The first-order valence-corrected chi connectivity index (χ1v) is 11.1. The van der Waals surface area contributed by atoms with Crippen LogP contribution in [0.5, 0.6) is 0 Å². The lowest BCUT2D eigenvalue weighted by atomic mass is 10.2. The van der Waals surface area contributed by atoms with Crippen LogP contribution in [0.1, 0.15) is 5.56 Å². The van der Waals surface area contributed by atoms with Gasteiger partial charge in [-0.2, -0.15) is 9.57 Å². The summed E-state index contributed by atoms with van der Waals surface area (Å²) in [6, 6.07) is 11.3. The van der Waals surface area contributed by atoms with Crippen molar-refractivity contribution < 1.29 is 22.0 Å². The van der Waals surface area contributed by atoms with Gasteiger partial charge in [-0.3, -0.25) is 4.79 Å². The van der Waals surface area contributed by atoms with E-state index in [-0.39, 0.29) is 48.3 Å². The first kappa shape index (κ1) is 21.2. The van der Waals surface area contributed by atoms with E-state index in [9.17, 15) is 22.0 Å². The van der Waals surface area contributed by atoms with Gasteiger partial charge in [0, 0.05) is 31.1 Å². The Kier molecular flexibility index (Phi) is 6.52. The normalized spacial score (nSPS) is 15.1. The third-order valence-electron chi connectivity index (χ3n) is 4.47. The summed E-state index contributed by atoms with van der Waals surface area (Å²) in [4.78, 5) is 14.3. The van der Waals surface area contributed by atoms with Gasteiger partial charge in [-0.05, 0) is 30.3 Å². The number of hydrogen-bond acceptors (Lipinski definition) is 5. The molecular formula is C19H17F2N3O3S2. The monoisotopic (exact) mass is 437 g/mol. The molecule has 1 aliphatic rings. The van der Waals surface area contributed by atoms with Crippen LogP contribution in [-0.2, 0) is 14.8 Å². The number of rotatable bonds is 5. The standard InChI is InChI=1S/C19H17F2N3O3S2/c20-16-6-5-15(11-17(16)21)28-13-19(25)23-7-9-24(10-8-23)29(26,27)18-4-2-1-3-14(18)12-22/h1-6,11H,7-10,13H2. The number of halogens is 2. The average molecular weight is 437 g/mol. The van der Waals surface area contributed by atoms with Gasteiger partial charge in [-0.1, -0.05) is 12.1 Å². The molecule has 0 unspecified atom stereocenters. The zero-order chi connectivity index (χ0) is 21.0. The summed E-state index contributed by atoms with van der Waals surface area (Å²) in [5.74, 6) is -2.10. The summed E-state index contributed by atoms with van der Waals surface area (Å²) in [5, 5.41) is 9.15. The minimum absolute atomic E-state index is 0.0368. The number of nitrogens with zero attached hydrogens (tertiary/aromatic N) is 3. The van der Waals surface area contributed by atoms with Crippen molar-refractivity contribution in [3.8, 4) is 6.07 Å². The fraction of sp³-hybridized carbons (Fsp3) is 0.263. The van der Waals surface area contributed by atoms with E-state index in [4.69, 9.17) is 5.26 Å². The maximum Gasteiger partial charge on any atom is 0.244 e. The van der Waals surface area contributed by atoms with Crippen LogP contribution in [0.4, 0.5) is 8.78 Å². The van der Waals surface area contributed by atoms with Gasteiger partial charge in [0.2, 0.25) is 15.9 Å². The Balaban J connectivity index is 1.59. The second-order valence-corrected chi connectivity index (χ2v) is 9.21. The number of piperazine rings is 1. The minimum Gasteiger partial charge on any atom is -0.339 e. The predicted octanol–water partition coefficient (Wildman–Crippen LogP) is 2.46. The zero-order valence-corrected chi connectivity index (χ0v) is 16.8. The van der Waals surface area contributed by atoms with E-state index < -0.39 is 21.7 Å². The highest BCUT2D eigenvalue weighted by Crippen LogP contribution is 2.23. The van der Waals surface area contributed by atoms with Crippen molar-refractivity contribution in [2.75, 3.05) is 31.9 Å². The Labute approximate surface area is 171 Å². The van der Waals surface area contributed by atoms with E-state index in [1.54, 1.807) is 12.1 Å². The summed E-state index contributed by atoms with van der Waals surface area (Å²) in [7, 11) is -3.83. The van der Waals surface area contributed by atoms with Gasteiger partial charge in [0.15, 0.2) is 11.6 Å². The summed E-state index contributed by atoms with van der Waals surface area (Å²) in [6.07, 6.45) is 0. The van der Waals surface area contributed by atoms with Crippen LogP contribution < -0.4 is 0 Å². The van der Waals surface area contributed by atoms with Crippen LogP contribution in [0, 0.1) is 23.0 Å². The molecule has 0 bridgehead atoms. The summed E-state index contributed by atoms with van der Waals surface area (Å²) in [5.41, 5.74) is 0.0777. The highest BCUT2D eigenvalue weighted by molar-refractivity contribution is 8.00. The van der Waals surface area contributed by atoms with Gasteiger partial charge in [0.1, 0.15) is 6.07 Å². The van der Waals surface area contributed by atoms with Crippen LogP contribution >= 0.6 is 11.8 Å². The quantitative estimate of drug-likeness (QED) is 0.672. The Morgan fingerprint density at radius 1 is 1.07 bits per heavy atom. The van der Waals surface area contributed by atoms with E-state index >= 15 is 0 Å². The number of carbonyl (C=O) groups is 1. The summed E-state index contributed by atoms with van der Waals surface area (Å²) < 4.78 is 53.1. The average Bonchev–Trinajstić information content (AvgIpc) is 2.74. The smallest absolute Gasteiger partial charge is 0.244 e. The number of benzene rings is 2. The summed E-state index contributed by atoms with van der Waals surface area (Å²) in [6.45, 7) is 0.656. The highest BCUT2D eigenvalue weighted by Gasteiger charge is 2.31. The molecule has 3 rings (SSSR count). The molecule has 1 amide bonds. The van der Waals surface area contributed by atoms with Gasteiger partial charge in [0.05, 0.1) is 16.2 Å². The van der Waals surface area contributed by atoms with Crippen LogP contribution in [0.3, 0.4) is 0 Å². The number of sulfonamides is 1. The Morgan fingerprint density at radius 2 is 1.76 bits per heavy atom. The van der Waals surface area contributed by atoms with Crippen molar-refractivity contribution in [3.63, 3.8) is 0 Å². The number of amides is 1. The van der Waals surface area contributed by atoms with E-state index in [0.29, 0.717) is 4.90 Å². The molecule has 1 aliphatic heterocycles. The van der Waals surface area contributed by atoms with E-state index in [1.807, 2.05) is 6.07 Å². The molecule has 0 saturated carbocycles. The van der Waals surface area contributed by atoms with Gasteiger partial charge in [0.25, 0.3) is 0 Å². The van der Waals surface area contributed by atoms with Crippen molar-refractivity contribution in [3.05, 3.63) is 59.7 Å². The van der Waals surface area contributed by atoms with E-state index in [2.05, 4.69) is 0 Å². The van der Waals surface area contributed by atoms with Crippen molar-refractivity contribution in [1.82, 2.24) is 9.21 Å². The molecule has 0 aromatic heterocycles. The molecule has 0 N–H and O–H groups in total. The van der Waals surface area contributed by atoms with E-state index in [1.165, 1.54) is 27.4 Å². The Morgan fingerprint density at radius 3 is 2.41 bits per heavy atom. The fourth-order valence-electron chi connectivity index (χ4n) is 2.90. The molecule has 2 aromatic rings. The lowest BCUT2D eigenvalue weighted by Crippen LogP contribution is -2.51. The van der Waals surface area contributed by atoms with Crippen LogP contribution in [0.15, 0.2) is 52.3 Å². The fourth-order valence-corrected chi connectivity index (χ4v) is 5.29. The number of hydrogen-bond donors (Lipinski definition) is 0. The zero-order valence-electron chi connectivity index (χ0n) is 15.2. The van der Waals surface area contributed by atoms with Crippen LogP contribution in [0.25, 0.3) is 0 Å². The van der Waals surface area contributed by atoms with Gasteiger partial charge < -0.3 is 4.90 Å². The lowest BCUT2D eigenvalue weighted by Gasteiger charge is -2.34. The predicted molar refractivity (Wildman–Crippen MR) is 104 cm³/mol. The van der Waals surface area contributed by atoms with Crippen molar-refractivity contribution in [2.45, 2.75) is 9.79 Å². The van der Waals surface area contributed by atoms with Crippen molar-refractivity contribution in [1.29, 1.82) is 5.26 Å². The maximum absolute atomic E-state index is 13.2. The first-order chi connectivity index (χ1) is 13.8. The molecule has 0 atom stereocenters. The number of thioether (sulfide) groups is 1. The highest BCUT2D eigenvalue weighted by atomic mass is 32.2. The molecule has 2 aromatic carbocycles. The van der Waals surface area contributed by atoms with Gasteiger partial charge in [-0.25, -0.2) is 17.2 Å². The molecule has 0 spiro atoms. The molecule has 29 heavy (non-hydrogen) atoms. The third-order valence-corrected chi connectivity index (χ3v) is 7.41. The molecule has 1 fully saturated rings. The van der Waals surface area contributed by atoms with Gasteiger partial charge in [-0.15, -0.1) is 11.8 Å². The molecule has 1 heterocycles. The topological polar surface area (TPSA) is 81.5 Å². The first-order valence-electron chi connectivity index (χ1n) is 8.68. The van der Waals surface area contributed by atoms with Crippen LogP contribution in [0.2, 0.25) is 0 Å². The van der Waals surface area contributed by atoms with Gasteiger partial charge >= 0.3 is 0 Å². The number of nitriles is 1. The molecule has 10 heteroatoms. The molecule has 1 saturated heterocycles. The molecule has 152 valence electrons. The second-order valence-electron chi connectivity index (χ2n) is 6.26. The van der Waals surface area contributed by atoms with Crippen molar-refractivity contribution >= 4 is 27.7 Å². The Bertz CT molecular complexity index is 1060. The van der Waals surface area contributed by atoms with E-state index in [0.717, 1.165) is 23.9 Å². The summed E-state index contributed by atoms with van der Waals surface area (Å²) >= 11 is 1.09. The lowest BCUT2D eigenvalue weighted by molar-refractivity contribution is -0.129. The molecule has 6 nitrogen and oxygen atoms in total. The van der Waals surface area contributed by atoms with Crippen molar-refractivity contribution in [2.24, 2.45) is 0 Å². The SMILES string of the molecule is N#Cc1ccccc1S(=O)(=O)N1CCN(C(=O)CSc2ccc(F)c(F)c2)CC1. The molecule has 0 aliphatic carbocycles. The number of carbonyl (C=O) groups excluding carboxylic acids is 1. The second kappa shape index (κ2) is 8.90. The minimum atomic E-state index is -3.83. The Hall–Kier alpha value is -2.48. The largest absolute Gasteiger partial charge is 0.339 e. The molecule has 0 radical (unpaired) electrons. The molecular weight excluding hydrogens is 420 g/mol. The maximum atomic E-state index is 13.2.